The molecule has 1 aromatic heterocycles. The van der Waals surface area contributed by atoms with Gasteiger partial charge in [0.05, 0.1) is 11.4 Å². The molecule has 0 radical (unpaired) electrons. The zero-order chi connectivity index (χ0) is 20.4. The molecule has 1 saturated carbocycles. The van der Waals surface area contributed by atoms with E-state index in [0.29, 0.717) is 18.5 Å². The molecule has 0 saturated heterocycles. The predicted molar refractivity (Wildman–Crippen MR) is 116 cm³/mol. The third-order valence-electron chi connectivity index (χ3n) is 6.02. The van der Waals surface area contributed by atoms with E-state index < -0.39 is 10.0 Å². The lowest BCUT2D eigenvalue weighted by molar-refractivity contribution is 0.337. The Hall–Kier alpha value is -1.51. The third kappa shape index (κ3) is 4.98. The van der Waals surface area contributed by atoms with Gasteiger partial charge in [0.2, 0.25) is 10.0 Å². The number of sulfonamides is 1. The van der Waals surface area contributed by atoms with Gasteiger partial charge in [0.1, 0.15) is 5.82 Å². The van der Waals surface area contributed by atoms with Crippen LogP contribution in [0.3, 0.4) is 0 Å². The minimum Gasteiger partial charge on any atom is -0.359 e. The molecule has 5 nitrogen and oxygen atoms in total. The van der Waals surface area contributed by atoms with E-state index in [9.17, 15) is 12.8 Å². The molecule has 2 aromatic rings. The van der Waals surface area contributed by atoms with E-state index in [1.807, 2.05) is 6.07 Å². The first kappa shape index (κ1) is 20.8. The molecule has 2 aliphatic rings. The lowest BCUT2D eigenvalue weighted by Crippen LogP contribution is -2.34. The average Bonchev–Trinajstić information content (AvgIpc) is 3.03. The molecule has 2 N–H and O–H groups in total. The summed E-state index contributed by atoms with van der Waals surface area (Å²) in [6.07, 6.45) is 7.03. The highest BCUT2D eigenvalue weighted by Crippen LogP contribution is 2.38. The van der Waals surface area contributed by atoms with E-state index in [4.69, 9.17) is 4.98 Å². The minimum absolute atomic E-state index is 0.131. The molecule has 0 atom stereocenters. The molecule has 0 unspecified atom stereocenters. The van der Waals surface area contributed by atoms with Crippen molar-refractivity contribution in [2.45, 2.75) is 57.9 Å². The molecule has 158 valence electrons. The zero-order valence-electron chi connectivity index (χ0n) is 16.7. The van der Waals surface area contributed by atoms with Crippen molar-refractivity contribution in [1.82, 2.24) is 9.71 Å². The third-order valence-corrected chi connectivity index (χ3v) is 8.43. The highest BCUT2D eigenvalue weighted by atomic mass is 32.2. The van der Waals surface area contributed by atoms with Gasteiger partial charge in [-0.15, -0.1) is 11.3 Å². The number of rotatable bonds is 6. The Labute approximate surface area is 176 Å². The van der Waals surface area contributed by atoms with Crippen LogP contribution < -0.4 is 10.0 Å². The van der Waals surface area contributed by atoms with Crippen LogP contribution in [0.15, 0.2) is 18.2 Å². The first-order valence-electron chi connectivity index (χ1n) is 10.5. The molecule has 1 heterocycles. The predicted octanol–water partition coefficient (Wildman–Crippen LogP) is 4.35. The summed E-state index contributed by atoms with van der Waals surface area (Å²) in [5.41, 5.74) is 3.05. The number of hydrogen-bond donors (Lipinski definition) is 2. The van der Waals surface area contributed by atoms with E-state index in [1.54, 1.807) is 24.3 Å². The number of nitrogens with zero attached hydrogens (tertiary/aromatic N) is 1. The number of anilines is 1. The monoisotopic (exact) mass is 437 g/mol. The molecule has 0 bridgehead atoms. The maximum absolute atomic E-state index is 13.8. The van der Waals surface area contributed by atoms with Gasteiger partial charge in [0.25, 0.3) is 0 Å². The van der Waals surface area contributed by atoms with Gasteiger partial charge in [-0.05, 0) is 75.5 Å². The number of benzene rings is 1. The second-order valence-corrected chi connectivity index (χ2v) is 11.2. The highest BCUT2D eigenvalue weighted by molar-refractivity contribution is 7.89. The van der Waals surface area contributed by atoms with Crippen LogP contribution in [0.4, 0.5) is 9.52 Å². The highest BCUT2D eigenvalue weighted by Gasteiger charge is 2.25. The summed E-state index contributed by atoms with van der Waals surface area (Å²) in [6.45, 7) is 2.20. The van der Waals surface area contributed by atoms with Crippen LogP contribution in [0, 0.1) is 11.7 Å². The van der Waals surface area contributed by atoms with Crippen LogP contribution in [0.25, 0.3) is 11.3 Å². The molecule has 29 heavy (non-hydrogen) atoms. The summed E-state index contributed by atoms with van der Waals surface area (Å²) in [4.78, 5) is 6.07. The zero-order valence-corrected chi connectivity index (χ0v) is 18.3. The Bertz CT molecular complexity index is 966. The van der Waals surface area contributed by atoms with Gasteiger partial charge >= 0.3 is 0 Å². The van der Waals surface area contributed by atoms with Crippen molar-refractivity contribution < 1.29 is 12.8 Å². The molecule has 0 amide bonds. The molecule has 4 rings (SSSR count). The Balaban J connectivity index is 1.38. The van der Waals surface area contributed by atoms with Crippen LogP contribution in [-0.2, 0) is 22.9 Å². The fraction of sp³-hybridized carbons (Fsp3) is 0.571. The van der Waals surface area contributed by atoms with Crippen molar-refractivity contribution in [3.8, 4) is 11.3 Å². The number of nitrogens with one attached hydrogen (secondary N) is 2. The number of aromatic nitrogens is 1. The molecular weight excluding hydrogens is 409 g/mol. The van der Waals surface area contributed by atoms with E-state index >= 15 is 0 Å². The average molecular weight is 438 g/mol. The normalized spacial score (nSPS) is 21.9. The summed E-state index contributed by atoms with van der Waals surface area (Å²) >= 11 is 1.69. The van der Waals surface area contributed by atoms with E-state index in [1.165, 1.54) is 16.5 Å². The van der Waals surface area contributed by atoms with Crippen molar-refractivity contribution in [2.75, 3.05) is 17.6 Å². The van der Waals surface area contributed by atoms with Crippen LogP contribution in [0.5, 0.6) is 0 Å². The van der Waals surface area contributed by atoms with Crippen LogP contribution in [-0.4, -0.2) is 31.7 Å². The van der Waals surface area contributed by atoms with Crippen molar-refractivity contribution in [3.05, 3.63) is 34.5 Å². The van der Waals surface area contributed by atoms with Crippen LogP contribution in [0.2, 0.25) is 0 Å². The van der Waals surface area contributed by atoms with Crippen LogP contribution >= 0.6 is 11.3 Å². The Kier molecular flexibility index (Phi) is 6.22. The van der Waals surface area contributed by atoms with Gasteiger partial charge in [-0.1, -0.05) is 6.07 Å². The Morgan fingerprint density at radius 1 is 1.21 bits per heavy atom. The first-order valence-corrected chi connectivity index (χ1v) is 12.9. The minimum atomic E-state index is -3.11. The number of aryl methyl sites for hydroxylation is 2. The molecule has 0 spiro atoms. The number of halogens is 1. The lowest BCUT2D eigenvalue weighted by atomic mass is 9.86. The molecule has 0 aliphatic heterocycles. The molecule has 1 fully saturated rings. The van der Waals surface area contributed by atoms with E-state index in [-0.39, 0.29) is 11.6 Å². The van der Waals surface area contributed by atoms with Crippen molar-refractivity contribution in [2.24, 2.45) is 5.92 Å². The summed E-state index contributed by atoms with van der Waals surface area (Å²) in [5, 5.41) is 4.50. The fourth-order valence-electron chi connectivity index (χ4n) is 4.25. The quantitative estimate of drug-likeness (QED) is 0.705. The fourth-order valence-corrected chi connectivity index (χ4v) is 6.04. The number of thiazole rings is 1. The smallest absolute Gasteiger partial charge is 0.211 e. The van der Waals surface area contributed by atoms with Crippen LogP contribution in [0.1, 0.15) is 49.5 Å². The summed E-state index contributed by atoms with van der Waals surface area (Å²) in [6, 6.07) is 5.40. The summed E-state index contributed by atoms with van der Waals surface area (Å²) in [5.74, 6) is 0.319. The molecule has 8 heteroatoms. The van der Waals surface area contributed by atoms with Crippen molar-refractivity contribution in [1.29, 1.82) is 0 Å². The lowest BCUT2D eigenvalue weighted by Gasteiger charge is -2.29. The van der Waals surface area contributed by atoms with E-state index in [2.05, 4.69) is 10.0 Å². The van der Waals surface area contributed by atoms with Gasteiger partial charge in [-0.25, -0.2) is 22.5 Å². The maximum atomic E-state index is 13.8. The van der Waals surface area contributed by atoms with Gasteiger partial charge < -0.3 is 5.32 Å². The number of fused-ring (bicyclic) bond motifs is 3. The number of hydrogen-bond acceptors (Lipinski definition) is 5. The first-order chi connectivity index (χ1) is 13.9. The summed E-state index contributed by atoms with van der Waals surface area (Å²) < 4.78 is 39.8. The Morgan fingerprint density at radius 2 is 2.00 bits per heavy atom. The topological polar surface area (TPSA) is 71.1 Å². The SMILES string of the molecule is CCS(=O)(=O)NC[C@H]1CC[C@H](Nc2nc3c(s2)CCCc2ccc(F)cc2-3)CC1. The van der Waals surface area contributed by atoms with E-state index in [0.717, 1.165) is 61.3 Å². The molecule has 2 aliphatic carbocycles. The second kappa shape index (κ2) is 8.70. The largest absolute Gasteiger partial charge is 0.359 e. The van der Waals surface area contributed by atoms with Gasteiger partial charge in [-0.2, -0.15) is 0 Å². The molecule has 1 aromatic carbocycles. The van der Waals surface area contributed by atoms with Gasteiger partial charge in [0.15, 0.2) is 5.13 Å². The second-order valence-electron chi connectivity index (χ2n) is 8.06. The molecular formula is C21H28FN3O2S2. The Morgan fingerprint density at radius 3 is 2.76 bits per heavy atom. The van der Waals surface area contributed by atoms with Gasteiger partial charge in [-0.3, -0.25) is 0 Å². The maximum Gasteiger partial charge on any atom is 0.211 e. The van der Waals surface area contributed by atoms with Crippen molar-refractivity contribution in [3.63, 3.8) is 0 Å². The van der Waals surface area contributed by atoms with Gasteiger partial charge in [0, 0.05) is 23.0 Å². The van der Waals surface area contributed by atoms with Crippen molar-refractivity contribution >= 4 is 26.5 Å². The summed E-state index contributed by atoms with van der Waals surface area (Å²) in [7, 11) is -3.11. The standard InChI is InChI=1S/C21H28FN3O2S2/c1-2-29(26,27)23-13-14-6-10-17(11-7-14)24-21-25-20-18-12-16(22)9-8-15(18)4-3-5-19(20)28-21/h8-9,12,14,17,23H,2-7,10-11,13H2,1H3,(H,24,25)/t14-,17-.